The Labute approximate surface area is 158 Å². The van der Waals surface area contributed by atoms with Gasteiger partial charge in [0, 0.05) is 11.3 Å². The second kappa shape index (κ2) is 6.55. The van der Waals surface area contributed by atoms with Crippen LogP contribution in [-0.4, -0.2) is 38.8 Å². The molecule has 4 rings (SSSR count). The molecule has 3 aromatic heterocycles. The standard InChI is InChI=1S/C19H27N5OS/c1-6-7-8-23(5)10-15-21-17-16-13-9-19(3,4)25-11-14(13)26-18(16)20-12(2)24(17)22-15/h6-11H2,1-5H3/p+1. The summed E-state index contributed by atoms with van der Waals surface area (Å²) >= 11 is 1.74. The lowest BCUT2D eigenvalue weighted by Crippen LogP contribution is -3.07. The van der Waals surface area contributed by atoms with Crippen molar-refractivity contribution in [3.05, 3.63) is 22.1 Å². The zero-order chi connectivity index (χ0) is 18.5. The highest BCUT2D eigenvalue weighted by molar-refractivity contribution is 7.19. The van der Waals surface area contributed by atoms with Crippen LogP contribution in [0, 0.1) is 6.92 Å². The smallest absolute Gasteiger partial charge is 0.206 e. The van der Waals surface area contributed by atoms with Gasteiger partial charge in [0.25, 0.3) is 0 Å². The number of aromatic nitrogens is 4. The van der Waals surface area contributed by atoms with E-state index >= 15 is 0 Å². The minimum Gasteiger partial charge on any atom is -0.370 e. The van der Waals surface area contributed by atoms with Crippen LogP contribution in [0.15, 0.2) is 0 Å². The van der Waals surface area contributed by atoms with Crippen LogP contribution in [0.2, 0.25) is 0 Å². The summed E-state index contributed by atoms with van der Waals surface area (Å²) in [4.78, 5) is 13.5. The maximum Gasteiger partial charge on any atom is 0.206 e. The summed E-state index contributed by atoms with van der Waals surface area (Å²) in [6.07, 6.45) is 3.35. The minimum absolute atomic E-state index is 0.143. The molecule has 1 aliphatic heterocycles. The molecule has 0 fully saturated rings. The summed E-state index contributed by atoms with van der Waals surface area (Å²) in [5.74, 6) is 1.80. The molecule has 0 saturated carbocycles. The number of fused-ring (bicyclic) bond motifs is 5. The Bertz CT molecular complexity index is 958. The molecule has 0 spiro atoms. The average Bonchev–Trinajstić information content (AvgIpc) is 3.13. The van der Waals surface area contributed by atoms with Crippen LogP contribution in [0.5, 0.6) is 0 Å². The molecule has 0 bridgehead atoms. The molecule has 1 atom stereocenters. The summed E-state index contributed by atoms with van der Waals surface area (Å²) in [6, 6.07) is 0. The molecule has 4 heterocycles. The van der Waals surface area contributed by atoms with Crippen LogP contribution in [0.4, 0.5) is 0 Å². The monoisotopic (exact) mass is 374 g/mol. The number of hydrogen-bond donors (Lipinski definition) is 1. The van der Waals surface area contributed by atoms with Crippen LogP contribution in [0.1, 0.15) is 55.7 Å². The molecule has 0 aliphatic carbocycles. The predicted octanol–water partition coefficient (Wildman–Crippen LogP) is 2.31. The second-order valence-corrected chi connectivity index (χ2v) is 9.15. The number of thiophene rings is 1. The van der Waals surface area contributed by atoms with E-state index in [-0.39, 0.29) is 5.60 Å². The van der Waals surface area contributed by atoms with Gasteiger partial charge in [0.05, 0.1) is 31.2 Å². The lowest BCUT2D eigenvalue weighted by atomic mass is 9.94. The summed E-state index contributed by atoms with van der Waals surface area (Å²) in [5.41, 5.74) is 2.17. The molecule has 1 unspecified atom stereocenters. The maximum absolute atomic E-state index is 6.00. The molecule has 140 valence electrons. The van der Waals surface area contributed by atoms with Crippen molar-refractivity contribution in [3.63, 3.8) is 0 Å². The van der Waals surface area contributed by atoms with Crippen molar-refractivity contribution in [2.75, 3.05) is 13.6 Å². The average molecular weight is 375 g/mol. The van der Waals surface area contributed by atoms with Gasteiger partial charge < -0.3 is 9.64 Å². The van der Waals surface area contributed by atoms with E-state index in [9.17, 15) is 0 Å². The number of ether oxygens (including phenoxy) is 1. The Kier molecular flexibility index (Phi) is 4.49. The Morgan fingerprint density at radius 2 is 2.12 bits per heavy atom. The first-order valence-electron chi connectivity index (χ1n) is 9.49. The van der Waals surface area contributed by atoms with Crippen LogP contribution in [-0.2, 0) is 24.3 Å². The highest BCUT2D eigenvalue weighted by atomic mass is 32.1. The highest BCUT2D eigenvalue weighted by Gasteiger charge is 2.31. The molecule has 26 heavy (non-hydrogen) atoms. The van der Waals surface area contributed by atoms with Crippen LogP contribution >= 0.6 is 11.3 Å². The first-order valence-corrected chi connectivity index (χ1v) is 10.3. The normalized spacial score (nSPS) is 17.7. The van der Waals surface area contributed by atoms with E-state index in [0.29, 0.717) is 6.61 Å². The number of hydrogen-bond acceptors (Lipinski definition) is 5. The molecule has 0 aromatic carbocycles. The van der Waals surface area contributed by atoms with Gasteiger partial charge in [0.2, 0.25) is 5.82 Å². The lowest BCUT2D eigenvalue weighted by Gasteiger charge is -2.30. The van der Waals surface area contributed by atoms with E-state index in [1.165, 1.54) is 33.6 Å². The van der Waals surface area contributed by atoms with Gasteiger partial charge in [-0.15, -0.1) is 16.4 Å². The Hall–Kier alpha value is -1.57. The van der Waals surface area contributed by atoms with Gasteiger partial charge in [-0.1, -0.05) is 13.3 Å². The van der Waals surface area contributed by atoms with Gasteiger partial charge in [0.1, 0.15) is 17.2 Å². The number of quaternary nitrogens is 1. The van der Waals surface area contributed by atoms with Gasteiger partial charge in [-0.25, -0.2) is 9.97 Å². The second-order valence-electron chi connectivity index (χ2n) is 8.07. The van der Waals surface area contributed by atoms with E-state index in [1.54, 1.807) is 11.3 Å². The van der Waals surface area contributed by atoms with E-state index in [2.05, 4.69) is 27.8 Å². The van der Waals surface area contributed by atoms with E-state index in [1.807, 2.05) is 11.4 Å². The van der Waals surface area contributed by atoms with Crippen molar-refractivity contribution < 1.29 is 9.64 Å². The topological polar surface area (TPSA) is 56.8 Å². The Morgan fingerprint density at radius 3 is 2.88 bits per heavy atom. The van der Waals surface area contributed by atoms with Gasteiger partial charge >= 0.3 is 0 Å². The Balaban J connectivity index is 1.80. The van der Waals surface area contributed by atoms with Crippen molar-refractivity contribution >= 4 is 27.2 Å². The first-order chi connectivity index (χ1) is 12.4. The predicted molar refractivity (Wildman–Crippen MR) is 104 cm³/mol. The van der Waals surface area contributed by atoms with Gasteiger partial charge in [-0.3, -0.25) is 0 Å². The number of rotatable bonds is 5. The fourth-order valence-electron chi connectivity index (χ4n) is 3.70. The van der Waals surface area contributed by atoms with Crippen LogP contribution in [0.25, 0.3) is 15.9 Å². The third-order valence-electron chi connectivity index (χ3n) is 5.13. The molecule has 6 nitrogen and oxygen atoms in total. The molecular weight excluding hydrogens is 346 g/mol. The fraction of sp³-hybridized carbons (Fsp3) is 0.632. The number of unbranched alkanes of at least 4 members (excludes halogenated alkanes) is 1. The molecular formula is C19H28N5OS+. The van der Waals surface area contributed by atoms with Crippen LogP contribution < -0.4 is 4.90 Å². The maximum atomic E-state index is 6.00. The minimum atomic E-state index is -0.143. The molecule has 1 N–H and O–H groups in total. The highest BCUT2D eigenvalue weighted by Crippen LogP contribution is 2.39. The Morgan fingerprint density at radius 1 is 1.31 bits per heavy atom. The van der Waals surface area contributed by atoms with E-state index < -0.39 is 0 Å². The number of aryl methyl sites for hydroxylation is 1. The van der Waals surface area contributed by atoms with E-state index in [4.69, 9.17) is 19.8 Å². The number of nitrogens with zero attached hydrogens (tertiary/aromatic N) is 4. The molecule has 0 amide bonds. The summed E-state index contributed by atoms with van der Waals surface area (Å²) < 4.78 is 7.93. The van der Waals surface area contributed by atoms with Crippen molar-refractivity contribution in [2.24, 2.45) is 0 Å². The van der Waals surface area contributed by atoms with Crippen molar-refractivity contribution in [1.82, 2.24) is 19.6 Å². The summed E-state index contributed by atoms with van der Waals surface area (Å²) in [5, 5.41) is 5.95. The van der Waals surface area contributed by atoms with Crippen LogP contribution in [0.3, 0.4) is 0 Å². The zero-order valence-electron chi connectivity index (χ0n) is 16.3. The first kappa shape index (κ1) is 17.8. The van der Waals surface area contributed by atoms with E-state index in [0.717, 1.165) is 41.6 Å². The van der Waals surface area contributed by atoms with Gasteiger partial charge in [0.15, 0.2) is 5.65 Å². The van der Waals surface area contributed by atoms with Crippen molar-refractivity contribution in [1.29, 1.82) is 0 Å². The number of nitrogens with one attached hydrogen (secondary N) is 1. The SMILES string of the molecule is CCCC[NH+](C)Cc1nc2c3c4c(sc3nc(C)n2n1)COC(C)(C)C4. The van der Waals surface area contributed by atoms with Gasteiger partial charge in [-0.2, -0.15) is 4.52 Å². The quantitative estimate of drug-likeness (QED) is 0.745. The lowest BCUT2D eigenvalue weighted by molar-refractivity contribution is -0.894. The largest absolute Gasteiger partial charge is 0.370 e. The van der Waals surface area contributed by atoms with Crippen molar-refractivity contribution in [2.45, 2.75) is 65.7 Å². The summed E-state index contributed by atoms with van der Waals surface area (Å²) in [6.45, 7) is 11.2. The molecule has 0 saturated heterocycles. The third-order valence-corrected chi connectivity index (χ3v) is 6.23. The zero-order valence-corrected chi connectivity index (χ0v) is 17.2. The molecule has 1 aliphatic rings. The van der Waals surface area contributed by atoms with Crippen molar-refractivity contribution in [3.8, 4) is 0 Å². The molecule has 3 aromatic rings. The molecule has 0 radical (unpaired) electrons. The third kappa shape index (κ3) is 3.12. The van der Waals surface area contributed by atoms with Gasteiger partial charge in [-0.05, 0) is 32.8 Å². The molecule has 7 heteroatoms. The summed E-state index contributed by atoms with van der Waals surface area (Å²) in [7, 11) is 2.22. The fourth-order valence-corrected chi connectivity index (χ4v) is 4.84.